The molecular formula is C15H18O5. The second-order valence-electron chi connectivity index (χ2n) is 4.54. The van der Waals surface area contributed by atoms with Gasteiger partial charge >= 0.3 is 11.9 Å². The lowest BCUT2D eigenvalue weighted by molar-refractivity contribution is -0.142. The first-order valence-electron chi connectivity index (χ1n) is 6.21. The molecule has 20 heavy (non-hydrogen) atoms. The molecule has 1 aromatic rings. The molecule has 0 unspecified atom stereocenters. The van der Waals surface area contributed by atoms with Crippen LogP contribution in [0.4, 0.5) is 0 Å². The summed E-state index contributed by atoms with van der Waals surface area (Å²) in [6, 6.07) is 3.38. The molecule has 0 bridgehead atoms. The Labute approximate surface area is 117 Å². The third-order valence-corrected chi connectivity index (χ3v) is 2.89. The maximum atomic E-state index is 11.5. The van der Waals surface area contributed by atoms with Crippen LogP contribution in [0.3, 0.4) is 0 Å². The molecule has 5 nitrogen and oxygen atoms in total. The van der Waals surface area contributed by atoms with E-state index in [1.54, 1.807) is 12.1 Å². The zero-order chi connectivity index (χ0) is 15.3. The van der Waals surface area contributed by atoms with Crippen molar-refractivity contribution in [3.05, 3.63) is 34.4 Å². The SMILES string of the molecule is CC(=O)OCc1cc(C(C)=O)cc(COC(C)=O)c1C. The quantitative estimate of drug-likeness (QED) is 0.610. The van der Waals surface area contributed by atoms with Gasteiger partial charge in [0.1, 0.15) is 13.2 Å². The van der Waals surface area contributed by atoms with Crippen LogP contribution < -0.4 is 0 Å². The number of rotatable bonds is 5. The molecule has 0 fully saturated rings. The summed E-state index contributed by atoms with van der Waals surface area (Å²) in [5, 5.41) is 0. The minimum atomic E-state index is -0.390. The summed E-state index contributed by atoms with van der Waals surface area (Å²) in [5.41, 5.74) is 2.81. The van der Waals surface area contributed by atoms with Gasteiger partial charge in [-0.1, -0.05) is 0 Å². The van der Waals surface area contributed by atoms with Gasteiger partial charge in [0.2, 0.25) is 0 Å². The van der Waals surface area contributed by atoms with Crippen molar-refractivity contribution in [1.29, 1.82) is 0 Å². The fourth-order valence-corrected chi connectivity index (χ4v) is 1.70. The van der Waals surface area contributed by atoms with Gasteiger partial charge < -0.3 is 9.47 Å². The van der Waals surface area contributed by atoms with Crippen molar-refractivity contribution >= 4 is 17.7 Å². The van der Waals surface area contributed by atoms with Gasteiger partial charge in [-0.3, -0.25) is 14.4 Å². The topological polar surface area (TPSA) is 69.7 Å². The van der Waals surface area contributed by atoms with E-state index in [-0.39, 0.29) is 30.9 Å². The third-order valence-electron chi connectivity index (χ3n) is 2.89. The second kappa shape index (κ2) is 6.84. The first kappa shape index (κ1) is 15.9. The van der Waals surface area contributed by atoms with Gasteiger partial charge in [0.15, 0.2) is 5.78 Å². The number of carbonyl (C=O) groups excluding carboxylic acids is 3. The van der Waals surface area contributed by atoms with Gasteiger partial charge in [0.25, 0.3) is 0 Å². The van der Waals surface area contributed by atoms with Gasteiger partial charge in [-0.15, -0.1) is 0 Å². The lowest BCUT2D eigenvalue weighted by Gasteiger charge is -2.13. The van der Waals surface area contributed by atoms with Crippen LogP contribution >= 0.6 is 0 Å². The molecule has 108 valence electrons. The Morgan fingerprint density at radius 3 is 1.60 bits per heavy atom. The Kier molecular flexibility index (Phi) is 5.43. The summed E-state index contributed by atoms with van der Waals surface area (Å²) in [4.78, 5) is 33.3. The van der Waals surface area contributed by atoms with Crippen molar-refractivity contribution < 1.29 is 23.9 Å². The highest BCUT2D eigenvalue weighted by molar-refractivity contribution is 5.94. The number of ketones is 1. The third kappa shape index (κ3) is 4.50. The molecule has 0 saturated carbocycles. The number of hydrogen-bond donors (Lipinski definition) is 0. The summed E-state index contributed by atoms with van der Waals surface area (Å²) in [6.07, 6.45) is 0. The second-order valence-corrected chi connectivity index (χ2v) is 4.54. The van der Waals surface area contributed by atoms with Crippen molar-refractivity contribution in [1.82, 2.24) is 0 Å². The normalized spacial score (nSPS) is 10.0. The number of carbonyl (C=O) groups is 3. The molecule has 0 aromatic heterocycles. The van der Waals surface area contributed by atoms with Crippen molar-refractivity contribution in [2.45, 2.75) is 40.9 Å². The van der Waals surface area contributed by atoms with Crippen molar-refractivity contribution in [2.24, 2.45) is 0 Å². The molecule has 0 radical (unpaired) electrons. The average Bonchev–Trinajstić information content (AvgIpc) is 2.35. The standard InChI is InChI=1S/C15H18O5/c1-9-14(7-19-11(3)17)5-13(10(2)16)6-15(9)8-20-12(4)18/h5-6H,7-8H2,1-4H3. The van der Waals surface area contributed by atoms with E-state index in [0.29, 0.717) is 5.56 Å². The summed E-state index contributed by atoms with van der Waals surface area (Å²) >= 11 is 0. The van der Waals surface area contributed by atoms with Crippen LogP contribution in [0.25, 0.3) is 0 Å². The summed E-state index contributed by atoms with van der Waals surface area (Å²) < 4.78 is 9.93. The molecule has 1 rings (SSSR count). The Morgan fingerprint density at radius 2 is 1.30 bits per heavy atom. The predicted molar refractivity (Wildman–Crippen MR) is 72.1 cm³/mol. The van der Waals surface area contributed by atoms with Gasteiger partial charge in [0, 0.05) is 19.4 Å². The van der Waals surface area contributed by atoms with Gasteiger partial charge in [-0.25, -0.2) is 0 Å². The fraction of sp³-hybridized carbons (Fsp3) is 0.400. The van der Waals surface area contributed by atoms with Crippen molar-refractivity contribution in [2.75, 3.05) is 0 Å². The van der Waals surface area contributed by atoms with Crippen molar-refractivity contribution in [3.8, 4) is 0 Å². The number of esters is 2. The smallest absolute Gasteiger partial charge is 0.302 e. The highest BCUT2D eigenvalue weighted by atomic mass is 16.5. The molecular weight excluding hydrogens is 260 g/mol. The first-order chi connectivity index (χ1) is 9.31. The van der Waals surface area contributed by atoms with E-state index in [1.807, 2.05) is 6.92 Å². The lowest BCUT2D eigenvalue weighted by atomic mass is 9.98. The minimum absolute atomic E-state index is 0.0926. The van der Waals surface area contributed by atoms with E-state index < -0.39 is 0 Å². The van der Waals surface area contributed by atoms with Gasteiger partial charge in [-0.05, 0) is 42.7 Å². The van der Waals surface area contributed by atoms with Crippen LogP contribution in [0.15, 0.2) is 12.1 Å². The molecule has 0 aliphatic carbocycles. The van der Waals surface area contributed by atoms with Crippen LogP contribution in [-0.2, 0) is 32.3 Å². The van der Waals surface area contributed by atoms with E-state index in [0.717, 1.165) is 16.7 Å². The Bertz CT molecular complexity index is 506. The summed E-state index contributed by atoms with van der Waals surface area (Å²) in [5.74, 6) is -0.878. The van der Waals surface area contributed by atoms with Crippen LogP contribution in [0.5, 0.6) is 0 Å². The maximum Gasteiger partial charge on any atom is 0.302 e. The van der Waals surface area contributed by atoms with Gasteiger partial charge in [0.05, 0.1) is 0 Å². The highest BCUT2D eigenvalue weighted by Gasteiger charge is 2.12. The first-order valence-corrected chi connectivity index (χ1v) is 6.21. The number of Topliss-reactive ketones (excluding diaryl/α,β-unsaturated/α-hetero) is 1. The van der Waals surface area contributed by atoms with Gasteiger partial charge in [-0.2, -0.15) is 0 Å². The van der Waals surface area contributed by atoms with Crippen LogP contribution in [-0.4, -0.2) is 17.7 Å². The van der Waals surface area contributed by atoms with E-state index in [1.165, 1.54) is 20.8 Å². The molecule has 0 spiro atoms. The van der Waals surface area contributed by atoms with Crippen LogP contribution in [0, 0.1) is 6.92 Å². The molecule has 0 saturated heterocycles. The Hall–Kier alpha value is -2.17. The van der Waals surface area contributed by atoms with E-state index >= 15 is 0 Å². The molecule has 0 aliphatic rings. The van der Waals surface area contributed by atoms with Crippen molar-refractivity contribution in [3.63, 3.8) is 0 Å². The largest absolute Gasteiger partial charge is 0.461 e. The number of ether oxygens (including phenoxy) is 2. The van der Waals surface area contributed by atoms with Crippen LogP contribution in [0.2, 0.25) is 0 Å². The van der Waals surface area contributed by atoms with E-state index in [9.17, 15) is 14.4 Å². The number of hydrogen-bond acceptors (Lipinski definition) is 5. The molecule has 0 amide bonds. The minimum Gasteiger partial charge on any atom is -0.461 e. The molecule has 0 aliphatic heterocycles. The lowest BCUT2D eigenvalue weighted by Crippen LogP contribution is -2.07. The zero-order valence-corrected chi connectivity index (χ0v) is 12.1. The molecule has 5 heteroatoms. The predicted octanol–water partition coefficient (Wildman–Crippen LogP) is 2.32. The summed E-state index contributed by atoms with van der Waals surface area (Å²) in [6.45, 7) is 6.12. The zero-order valence-electron chi connectivity index (χ0n) is 12.1. The number of benzene rings is 1. The van der Waals surface area contributed by atoms with E-state index in [2.05, 4.69) is 0 Å². The maximum absolute atomic E-state index is 11.5. The molecule has 0 atom stereocenters. The van der Waals surface area contributed by atoms with Crippen LogP contribution in [0.1, 0.15) is 47.8 Å². The molecule has 0 N–H and O–H groups in total. The summed E-state index contributed by atoms with van der Waals surface area (Å²) in [7, 11) is 0. The fourth-order valence-electron chi connectivity index (χ4n) is 1.70. The Morgan fingerprint density at radius 1 is 0.900 bits per heavy atom. The van der Waals surface area contributed by atoms with E-state index in [4.69, 9.17) is 9.47 Å². The highest BCUT2D eigenvalue weighted by Crippen LogP contribution is 2.20. The monoisotopic (exact) mass is 278 g/mol. The average molecular weight is 278 g/mol. The Balaban J connectivity index is 3.11. The molecule has 0 heterocycles. The molecule has 1 aromatic carbocycles.